The minimum absolute atomic E-state index is 0.0658. The molecule has 35 heavy (non-hydrogen) atoms. The number of anilines is 1. The number of morpholine rings is 1. The van der Waals surface area contributed by atoms with Crippen LogP contribution in [-0.2, 0) is 21.1 Å². The van der Waals surface area contributed by atoms with E-state index in [0.29, 0.717) is 22.5 Å². The Morgan fingerprint density at radius 2 is 1.97 bits per heavy atom. The number of benzene rings is 2. The van der Waals surface area contributed by atoms with Gasteiger partial charge in [0.25, 0.3) is 5.56 Å². The Kier molecular flexibility index (Phi) is 8.46. The number of hydrogen-bond acceptors (Lipinski definition) is 8. The first kappa shape index (κ1) is 26.1. The zero-order valence-electron chi connectivity index (χ0n) is 19.3. The molecule has 2 N–H and O–H groups in total. The van der Waals surface area contributed by atoms with Crippen LogP contribution in [0.2, 0.25) is 5.02 Å². The molecule has 1 aliphatic rings. The van der Waals surface area contributed by atoms with E-state index < -0.39 is 9.84 Å². The molecule has 4 rings (SSSR count). The molecule has 0 saturated carbocycles. The lowest BCUT2D eigenvalue weighted by Gasteiger charge is -2.26. The first-order chi connectivity index (χ1) is 16.8. The van der Waals surface area contributed by atoms with E-state index in [4.69, 9.17) is 16.3 Å². The first-order valence-electron chi connectivity index (χ1n) is 11.3. The quantitative estimate of drug-likeness (QED) is 0.370. The summed E-state index contributed by atoms with van der Waals surface area (Å²) < 4.78 is 32.3. The fourth-order valence-electron chi connectivity index (χ4n) is 3.83. The monoisotopic (exact) mass is 583 g/mol. The molecule has 0 spiro atoms. The standard InChI is InChI=1S/C23H27BrClN5O4S/c1-2-35(32,33)22-4-3-17(25)12-21(22)28-30-15-27-20-11-16(19(24)13-18(20)23(30)31)14-26-5-6-29-7-9-34-10-8-29/h3-4,11-13,15,26,28H,2,5-10,14H2,1H3. The van der Waals surface area contributed by atoms with Crippen LogP contribution in [0.5, 0.6) is 0 Å². The van der Waals surface area contributed by atoms with Gasteiger partial charge >= 0.3 is 0 Å². The van der Waals surface area contributed by atoms with Crippen molar-refractivity contribution in [3.05, 3.63) is 62.1 Å². The maximum atomic E-state index is 13.2. The van der Waals surface area contributed by atoms with E-state index >= 15 is 0 Å². The third-order valence-corrected chi connectivity index (χ3v) is 8.61. The Morgan fingerprint density at radius 1 is 1.20 bits per heavy atom. The average molecular weight is 585 g/mol. The molecule has 0 atom stereocenters. The fraction of sp³-hybridized carbons (Fsp3) is 0.391. The second-order valence-electron chi connectivity index (χ2n) is 8.17. The maximum Gasteiger partial charge on any atom is 0.280 e. The van der Waals surface area contributed by atoms with Crippen molar-refractivity contribution in [2.24, 2.45) is 0 Å². The molecule has 2 aromatic carbocycles. The van der Waals surface area contributed by atoms with Gasteiger partial charge in [-0.2, -0.15) is 0 Å². The molecule has 0 radical (unpaired) electrons. The van der Waals surface area contributed by atoms with Crippen LogP contribution in [0.15, 0.2) is 50.8 Å². The van der Waals surface area contributed by atoms with E-state index in [2.05, 4.69) is 36.6 Å². The Bertz CT molecular complexity index is 1380. The van der Waals surface area contributed by atoms with Crippen LogP contribution in [0.3, 0.4) is 0 Å². The number of rotatable bonds is 9. The number of aromatic nitrogens is 2. The van der Waals surface area contributed by atoms with E-state index in [1.54, 1.807) is 13.0 Å². The van der Waals surface area contributed by atoms with Crippen LogP contribution in [-0.4, -0.2) is 68.1 Å². The Labute approximate surface area is 217 Å². The summed E-state index contributed by atoms with van der Waals surface area (Å²) in [6, 6.07) is 8.02. The van der Waals surface area contributed by atoms with Crippen molar-refractivity contribution in [3.63, 3.8) is 0 Å². The summed E-state index contributed by atoms with van der Waals surface area (Å²) in [6.45, 7) is 7.44. The second kappa shape index (κ2) is 11.4. The fourth-order valence-corrected chi connectivity index (χ4v) is 5.51. The van der Waals surface area contributed by atoms with Gasteiger partial charge in [0, 0.05) is 42.2 Å². The zero-order chi connectivity index (χ0) is 25.0. The number of ether oxygens (including phenoxy) is 1. The molecule has 1 aromatic heterocycles. The molecule has 1 saturated heterocycles. The summed E-state index contributed by atoms with van der Waals surface area (Å²) in [7, 11) is -3.53. The van der Waals surface area contributed by atoms with Crippen LogP contribution in [0.25, 0.3) is 10.9 Å². The van der Waals surface area contributed by atoms with E-state index in [1.165, 1.54) is 24.5 Å². The van der Waals surface area contributed by atoms with Crippen molar-refractivity contribution < 1.29 is 13.2 Å². The Balaban J connectivity index is 1.53. The molecule has 0 aliphatic carbocycles. The summed E-state index contributed by atoms with van der Waals surface area (Å²) in [5.41, 5.74) is 4.25. The van der Waals surface area contributed by atoms with Gasteiger partial charge in [-0.3, -0.25) is 15.1 Å². The van der Waals surface area contributed by atoms with Gasteiger partial charge < -0.3 is 10.1 Å². The summed E-state index contributed by atoms with van der Waals surface area (Å²) in [5.74, 6) is -0.0790. The van der Waals surface area contributed by atoms with Crippen LogP contribution >= 0.6 is 27.5 Å². The third-order valence-electron chi connectivity index (χ3n) is 5.85. The van der Waals surface area contributed by atoms with Crippen LogP contribution in [0.4, 0.5) is 5.69 Å². The minimum Gasteiger partial charge on any atom is -0.379 e. The lowest BCUT2D eigenvalue weighted by atomic mass is 10.1. The number of sulfone groups is 1. The van der Waals surface area contributed by atoms with Crippen molar-refractivity contribution in [2.45, 2.75) is 18.4 Å². The van der Waals surface area contributed by atoms with Crippen molar-refractivity contribution in [2.75, 3.05) is 50.6 Å². The average Bonchev–Trinajstić information content (AvgIpc) is 2.85. The second-order valence-corrected chi connectivity index (χ2v) is 11.7. The zero-order valence-corrected chi connectivity index (χ0v) is 22.4. The molecule has 9 nitrogen and oxygen atoms in total. The summed E-state index contributed by atoms with van der Waals surface area (Å²) in [5, 5.41) is 4.18. The minimum atomic E-state index is -3.53. The maximum absolute atomic E-state index is 13.2. The van der Waals surface area contributed by atoms with Gasteiger partial charge in [-0.25, -0.2) is 18.1 Å². The molecule has 1 fully saturated rings. The third kappa shape index (κ3) is 6.22. The normalized spacial score (nSPS) is 14.9. The van der Waals surface area contributed by atoms with E-state index in [9.17, 15) is 13.2 Å². The smallest absolute Gasteiger partial charge is 0.280 e. The number of nitrogens with zero attached hydrogens (tertiary/aromatic N) is 3. The molecular formula is C23H27BrClN5O4S. The summed E-state index contributed by atoms with van der Waals surface area (Å²) in [4.78, 5) is 20.0. The first-order valence-corrected chi connectivity index (χ1v) is 14.1. The molecule has 0 bridgehead atoms. The molecule has 1 aliphatic heterocycles. The van der Waals surface area contributed by atoms with E-state index in [0.717, 1.165) is 54.1 Å². The van der Waals surface area contributed by atoms with E-state index in [-0.39, 0.29) is 21.9 Å². The van der Waals surface area contributed by atoms with Gasteiger partial charge in [-0.15, -0.1) is 0 Å². The van der Waals surface area contributed by atoms with Gasteiger partial charge in [-0.05, 0) is 35.9 Å². The Morgan fingerprint density at radius 3 is 2.71 bits per heavy atom. The van der Waals surface area contributed by atoms with Gasteiger partial charge in [0.15, 0.2) is 9.84 Å². The van der Waals surface area contributed by atoms with Crippen LogP contribution in [0.1, 0.15) is 12.5 Å². The van der Waals surface area contributed by atoms with Gasteiger partial charge in [0.05, 0.1) is 40.5 Å². The molecule has 2 heterocycles. The van der Waals surface area contributed by atoms with Gasteiger partial charge in [0.2, 0.25) is 0 Å². The SMILES string of the molecule is CCS(=O)(=O)c1ccc(Cl)cc1Nn1cnc2cc(CNCCN3CCOCC3)c(Br)cc2c1=O. The number of nitrogens with one attached hydrogen (secondary N) is 2. The highest BCUT2D eigenvalue weighted by Gasteiger charge is 2.18. The lowest BCUT2D eigenvalue weighted by molar-refractivity contribution is 0.0384. The lowest BCUT2D eigenvalue weighted by Crippen LogP contribution is -2.40. The molecule has 0 unspecified atom stereocenters. The van der Waals surface area contributed by atoms with Crippen molar-refractivity contribution in [3.8, 4) is 0 Å². The molecular weight excluding hydrogens is 558 g/mol. The number of fused-ring (bicyclic) bond motifs is 1. The van der Waals surface area contributed by atoms with E-state index in [1.807, 2.05) is 6.07 Å². The topological polar surface area (TPSA) is 106 Å². The highest BCUT2D eigenvalue weighted by atomic mass is 79.9. The number of hydrogen-bond donors (Lipinski definition) is 2. The predicted molar refractivity (Wildman–Crippen MR) is 141 cm³/mol. The van der Waals surface area contributed by atoms with Crippen molar-refractivity contribution in [1.29, 1.82) is 0 Å². The van der Waals surface area contributed by atoms with Gasteiger partial charge in [0.1, 0.15) is 6.33 Å². The number of halogens is 2. The van der Waals surface area contributed by atoms with Crippen LogP contribution in [0, 0.1) is 0 Å². The predicted octanol–water partition coefficient (Wildman–Crippen LogP) is 2.90. The van der Waals surface area contributed by atoms with Crippen LogP contribution < -0.4 is 16.3 Å². The highest BCUT2D eigenvalue weighted by molar-refractivity contribution is 9.10. The highest BCUT2D eigenvalue weighted by Crippen LogP contribution is 2.26. The molecule has 3 aromatic rings. The summed E-state index contributed by atoms with van der Waals surface area (Å²) in [6.07, 6.45) is 1.34. The van der Waals surface area contributed by atoms with Gasteiger partial charge in [-0.1, -0.05) is 34.5 Å². The van der Waals surface area contributed by atoms with Crippen molar-refractivity contribution >= 4 is 54.0 Å². The molecule has 0 amide bonds. The largest absolute Gasteiger partial charge is 0.379 e. The van der Waals surface area contributed by atoms with Crippen molar-refractivity contribution in [1.82, 2.24) is 19.9 Å². The molecule has 12 heteroatoms. The summed E-state index contributed by atoms with van der Waals surface area (Å²) >= 11 is 9.66. The Hall–Kier alpha value is -2.02. The molecule has 188 valence electrons.